The van der Waals surface area contributed by atoms with Gasteiger partial charge in [-0.1, -0.05) is 80.5 Å². The number of nitrogens with zero attached hydrogens (tertiary/aromatic N) is 3. The van der Waals surface area contributed by atoms with Gasteiger partial charge >= 0.3 is 12.1 Å². The van der Waals surface area contributed by atoms with Crippen molar-refractivity contribution in [3.8, 4) is 0 Å². The van der Waals surface area contributed by atoms with Crippen molar-refractivity contribution in [3.63, 3.8) is 0 Å². The molecule has 1 amide bonds. The Balaban J connectivity index is 2.02. The average molecular weight is 605 g/mol. The minimum absolute atomic E-state index is 0.00308. The summed E-state index contributed by atoms with van der Waals surface area (Å²) < 4.78 is 12.7. The molecule has 0 bridgehead atoms. The van der Waals surface area contributed by atoms with E-state index < -0.39 is 26.0 Å². The highest BCUT2D eigenvalue weighted by molar-refractivity contribution is 6.74. The second-order valence-corrected chi connectivity index (χ2v) is 17.7. The normalized spacial score (nSPS) is 13.3. The van der Waals surface area contributed by atoms with E-state index in [4.69, 9.17) is 14.9 Å². The first-order chi connectivity index (χ1) is 20.0. The van der Waals surface area contributed by atoms with E-state index in [0.29, 0.717) is 11.4 Å². The summed E-state index contributed by atoms with van der Waals surface area (Å²) in [6, 6.07) is 21.0. The quantitative estimate of drug-likeness (QED) is 0.0894. The van der Waals surface area contributed by atoms with Gasteiger partial charge in [0, 0.05) is 18.7 Å². The van der Waals surface area contributed by atoms with Crippen LogP contribution in [0.3, 0.4) is 0 Å². The highest BCUT2D eigenvalue weighted by Crippen LogP contribution is 2.42. The molecule has 0 aliphatic heterocycles. The third kappa shape index (κ3) is 9.49. The number of hydrogen-bond donors (Lipinski definition) is 1. The Labute approximate surface area is 256 Å². The van der Waals surface area contributed by atoms with Crippen LogP contribution in [-0.2, 0) is 25.3 Å². The zero-order valence-electron chi connectivity index (χ0n) is 26.7. The summed E-state index contributed by atoms with van der Waals surface area (Å²) in [6.45, 7) is 18.0. The smallest absolute Gasteiger partial charge is 0.416 e. The first-order valence-electron chi connectivity index (χ1n) is 14.3. The second-order valence-electron chi connectivity index (χ2n) is 12.9. The Kier molecular flexibility index (Phi) is 10.5. The molecule has 0 aliphatic carbocycles. The molecule has 43 heavy (non-hydrogen) atoms. The van der Waals surface area contributed by atoms with Crippen LogP contribution in [0.25, 0.3) is 0 Å². The topological polar surface area (TPSA) is 116 Å². The summed E-state index contributed by atoms with van der Waals surface area (Å²) in [6.07, 6.45) is 0.823. The predicted octanol–water partition coefficient (Wildman–Crippen LogP) is 7.32. The zero-order valence-corrected chi connectivity index (χ0v) is 27.7. The van der Waals surface area contributed by atoms with Gasteiger partial charge in [-0.15, -0.1) is 0 Å². The van der Waals surface area contributed by atoms with Gasteiger partial charge in [0.1, 0.15) is 11.4 Å². The van der Waals surface area contributed by atoms with Gasteiger partial charge in [0.05, 0.1) is 12.6 Å². The number of hydrogen-bond acceptors (Lipinski definition) is 7. The van der Waals surface area contributed by atoms with Gasteiger partial charge in [0.25, 0.3) is 0 Å². The number of ether oxygens (including phenoxy) is 1. The van der Waals surface area contributed by atoms with Crippen LogP contribution in [-0.4, -0.2) is 36.8 Å². The minimum Gasteiger partial charge on any atom is -0.443 e. The molecule has 3 aromatic rings. The lowest BCUT2D eigenvalue weighted by Gasteiger charge is -2.39. The van der Waals surface area contributed by atoms with Crippen LogP contribution >= 0.6 is 0 Å². The molecule has 230 valence electrons. The lowest BCUT2D eigenvalue weighted by Crippen LogP contribution is -2.42. The van der Waals surface area contributed by atoms with Crippen molar-refractivity contribution >= 4 is 32.0 Å². The molecule has 9 nitrogen and oxygen atoms in total. The maximum atomic E-state index is 13.6. The number of benzene rings is 2. The molecule has 0 aliphatic rings. The lowest BCUT2D eigenvalue weighted by molar-refractivity contribution is -0.140. The number of nitrogens with two attached hydrogens (primary N) is 1. The summed E-state index contributed by atoms with van der Waals surface area (Å²) in [4.78, 5) is 35.4. The largest absolute Gasteiger partial charge is 0.443 e. The molecule has 3 rings (SSSR count). The van der Waals surface area contributed by atoms with Crippen LogP contribution in [0, 0.1) is 0 Å². The highest BCUT2D eigenvalue weighted by Gasteiger charge is 2.40. The Hall–Kier alpha value is -4.02. The van der Waals surface area contributed by atoms with Crippen molar-refractivity contribution in [1.82, 2.24) is 4.98 Å². The molecule has 0 spiro atoms. The highest BCUT2D eigenvalue weighted by atomic mass is 28.4. The van der Waals surface area contributed by atoms with E-state index in [1.165, 1.54) is 11.8 Å². The van der Waals surface area contributed by atoms with E-state index >= 15 is 0 Å². The molecule has 2 N–H and O–H groups in total. The number of amidine groups is 1. The van der Waals surface area contributed by atoms with E-state index in [1.54, 1.807) is 18.3 Å². The molecule has 2 aromatic carbocycles. The molecular formula is C33H44N4O5Si. The van der Waals surface area contributed by atoms with E-state index in [2.05, 4.69) is 61.0 Å². The fourth-order valence-corrected chi connectivity index (χ4v) is 5.07. The van der Waals surface area contributed by atoms with Crippen LogP contribution in [0.1, 0.15) is 76.8 Å². The summed E-state index contributed by atoms with van der Waals surface area (Å²) in [5.74, 6) is -0.0631. The summed E-state index contributed by atoms with van der Waals surface area (Å²) in [5, 5.41) is 3.63. The van der Waals surface area contributed by atoms with E-state index in [-0.39, 0.29) is 23.5 Å². The molecule has 0 fully saturated rings. The average Bonchev–Trinajstić information content (AvgIpc) is 2.92. The summed E-state index contributed by atoms with van der Waals surface area (Å²) >= 11 is 0. The fourth-order valence-electron chi connectivity index (χ4n) is 3.86. The lowest BCUT2D eigenvalue weighted by atomic mass is 10.0. The van der Waals surface area contributed by atoms with Crippen molar-refractivity contribution < 1.29 is 23.6 Å². The fraction of sp³-hybridized carbons (Fsp3) is 0.394. The predicted molar refractivity (Wildman–Crippen MR) is 172 cm³/mol. The molecule has 1 aromatic heterocycles. The first-order valence-corrected chi connectivity index (χ1v) is 17.2. The summed E-state index contributed by atoms with van der Waals surface area (Å²) in [5.41, 5.74) is 8.51. The van der Waals surface area contributed by atoms with Crippen LogP contribution in [0.2, 0.25) is 18.1 Å². The van der Waals surface area contributed by atoms with Crippen molar-refractivity contribution in [3.05, 3.63) is 95.2 Å². The van der Waals surface area contributed by atoms with Crippen LogP contribution < -0.4 is 10.6 Å². The second kappa shape index (κ2) is 13.5. The SMILES string of the molecule is CC(=O)O/N=C(\N)c1ccc(CN(C(=O)OC(C)(C)C)c2cc(C(O[Si](C)(C)C(C)(C)C)c3ccccc3)ccn2)cc1. The first kappa shape index (κ1) is 33.5. The van der Waals surface area contributed by atoms with Crippen LogP contribution in [0.4, 0.5) is 10.6 Å². The monoisotopic (exact) mass is 604 g/mol. The standard InChI is InChI=1S/C33H44N4O5Si/c1-23(38)41-36-30(34)26-17-15-24(16-18-26)22-37(31(39)40-32(2,3)4)28-21-27(19-20-35-28)29(25-13-11-10-12-14-25)42-43(8,9)33(5,6)7/h10-21,29H,22H2,1-9H3,(H2,34,36). The number of amides is 1. The Morgan fingerprint density at radius 2 is 1.58 bits per heavy atom. The number of carbonyl (C=O) groups is 2. The molecule has 0 saturated carbocycles. The number of aromatic nitrogens is 1. The molecule has 1 atom stereocenters. The maximum absolute atomic E-state index is 13.6. The number of anilines is 1. The van der Waals surface area contributed by atoms with E-state index in [1.807, 2.05) is 63.2 Å². The van der Waals surface area contributed by atoms with Gasteiger partial charge in [0.2, 0.25) is 0 Å². The Morgan fingerprint density at radius 3 is 2.14 bits per heavy atom. The zero-order chi connectivity index (χ0) is 32.0. The van der Waals surface area contributed by atoms with Crippen LogP contribution in [0.15, 0.2) is 78.1 Å². The van der Waals surface area contributed by atoms with Crippen molar-refractivity contribution in [2.75, 3.05) is 4.90 Å². The van der Waals surface area contributed by atoms with E-state index in [9.17, 15) is 9.59 Å². The van der Waals surface area contributed by atoms with Gasteiger partial charge in [0.15, 0.2) is 14.2 Å². The minimum atomic E-state index is -2.19. The van der Waals surface area contributed by atoms with Gasteiger partial charge in [-0.05, 0) is 67.7 Å². The molecule has 0 saturated heterocycles. The maximum Gasteiger partial charge on any atom is 0.416 e. The van der Waals surface area contributed by atoms with Crippen molar-refractivity contribution in [1.29, 1.82) is 0 Å². The molecule has 10 heteroatoms. The molecule has 0 radical (unpaired) electrons. The number of pyridine rings is 1. The Morgan fingerprint density at radius 1 is 0.953 bits per heavy atom. The van der Waals surface area contributed by atoms with Gasteiger partial charge in [-0.3, -0.25) is 4.90 Å². The van der Waals surface area contributed by atoms with Gasteiger partial charge in [-0.2, -0.15) is 0 Å². The number of oxime groups is 1. The third-order valence-electron chi connectivity index (χ3n) is 7.15. The number of carbonyl (C=O) groups excluding carboxylic acids is 2. The summed E-state index contributed by atoms with van der Waals surface area (Å²) in [7, 11) is -2.19. The van der Waals surface area contributed by atoms with E-state index in [0.717, 1.165) is 16.7 Å². The third-order valence-corrected chi connectivity index (χ3v) is 11.6. The van der Waals surface area contributed by atoms with Crippen molar-refractivity contribution in [2.45, 2.75) is 84.8 Å². The molecule has 1 heterocycles. The molecular weight excluding hydrogens is 560 g/mol. The van der Waals surface area contributed by atoms with Gasteiger partial charge < -0.3 is 19.7 Å². The van der Waals surface area contributed by atoms with Gasteiger partial charge in [-0.25, -0.2) is 14.6 Å². The van der Waals surface area contributed by atoms with Crippen molar-refractivity contribution in [2.24, 2.45) is 10.9 Å². The number of rotatable bonds is 9. The molecule has 1 unspecified atom stereocenters. The van der Waals surface area contributed by atoms with Crippen LogP contribution in [0.5, 0.6) is 0 Å². The Bertz CT molecular complexity index is 1430.